The summed E-state index contributed by atoms with van der Waals surface area (Å²) in [6.45, 7) is 0.679. The van der Waals surface area contributed by atoms with Gasteiger partial charge in [-0.05, 0) is 69.0 Å². The molecule has 2 heterocycles. The Kier molecular flexibility index (Phi) is 8.30. The van der Waals surface area contributed by atoms with E-state index in [1.165, 1.54) is 43.2 Å². The minimum atomic E-state index is -0.678. The van der Waals surface area contributed by atoms with Crippen LogP contribution in [0.15, 0.2) is 73.1 Å². The van der Waals surface area contributed by atoms with E-state index in [9.17, 15) is 9.18 Å². The standard InChI is InChI=1S/C31H29F2N5O4/c1-37(2)14-12-19-18-38(22-8-5-20(32)6-9-22)36-30(19)31(39)35-21-7-10-27(24(33)15-21)42-26-11-13-34-25-17-29(41-4)28(40-3)16-23(25)26/h5-11,13,15-18H,12,14H2,1-4H3,(H,35,39). The molecule has 0 saturated carbocycles. The Morgan fingerprint density at radius 2 is 1.67 bits per heavy atom. The highest BCUT2D eigenvalue weighted by Crippen LogP contribution is 2.37. The maximum Gasteiger partial charge on any atom is 0.276 e. The Morgan fingerprint density at radius 3 is 2.36 bits per heavy atom. The highest BCUT2D eigenvalue weighted by Gasteiger charge is 2.19. The number of amides is 1. The second-order valence-electron chi connectivity index (χ2n) is 9.71. The second-order valence-corrected chi connectivity index (χ2v) is 9.71. The molecular formula is C31H29F2N5O4. The summed E-state index contributed by atoms with van der Waals surface area (Å²) in [4.78, 5) is 19.6. The minimum absolute atomic E-state index is 0.0393. The number of hydrogen-bond acceptors (Lipinski definition) is 7. The third-order valence-electron chi connectivity index (χ3n) is 6.54. The van der Waals surface area contributed by atoms with Gasteiger partial charge in [-0.1, -0.05) is 0 Å². The summed E-state index contributed by atoms with van der Waals surface area (Å²) in [5, 5.41) is 7.79. The largest absolute Gasteiger partial charge is 0.493 e. The summed E-state index contributed by atoms with van der Waals surface area (Å²) in [6.07, 6.45) is 3.84. The minimum Gasteiger partial charge on any atom is -0.493 e. The van der Waals surface area contributed by atoms with Crippen molar-refractivity contribution in [3.63, 3.8) is 0 Å². The van der Waals surface area contributed by atoms with Crippen molar-refractivity contribution in [2.45, 2.75) is 6.42 Å². The number of likely N-dealkylation sites (N-methyl/N-ethyl adjacent to an activating group) is 1. The van der Waals surface area contributed by atoms with Gasteiger partial charge in [-0.3, -0.25) is 9.78 Å². The summed E-state index contributed by atoms with van der Waals surface area (Å²) < 4.78 is 46.8. The first kappa shape index (κ1) is 28.5. The molecule has 2 aromatic heterocycles. The number of nitrogens with zero attached hydrogens (tertiary/aromatic N) is 4. The van der Waals surface area contributed by atoms with E-state index >= 15 is 4.39 Å². The van der Waals surface area contributed by atoms with E-state index in [0.29, 0.717) is 52.4 Å². The topological polar surface area (TPSA) is 90.7 Å². The van der Waals surface area contributed by atoms with E-state index in [1.54, 1.807) is 48.8 Å². The first-order valence-corrected chi connectivity index (χ1v) is 13.0. The average Bonchev–Trinajstić information content (AvgIpc) is 3.41. The average molecular weight is 574 g/mol. The molecule has 1 N–H and O–H groups in total. The molecule has 5 rings (SSSR count). The summed E-state index contributed by atoms with van der Waals surface area (Å²) in [5.74, 6) is -0.234. The number of pyridine rings is 1. The van der Waals surface area contributed by atoms with Crippen molar-refractivity contribution in [1.29, 1.82) is 0 Å². The smallest absolute Gasteiger partial charge is 0.276 e. The van der Waals surface area contributed by atoms with Crippen LogP contribution in [0.1, 0.15) is 16.1 Å². The van der Waals surface area contributed by atoms with Crippen molar-refractivity contribution >= 4 is 22.5 Å². The fourth-order valence-electron chi connectivity index (χ4n) is 4.36. The summed E-state index contributed by atoms with van der Waals surface area (Å²) in [5.41, 5.74) is 2.30. The van der Waals surface area contributed by atoms with Gasteiger partial charge in [0.1, 0.15) is 11.6 Å². The lowest BCUT2D eigenvalue weighted by atomic mass is 10.1. The number of fused-ring (bicyclic) bond motifs is 1. The van der Waals surface area contributed by atoms with Crippen LogP contribution < -0.4 is 19.5 Å². The lowest BCUT2D eigenvalue weighted by molar-refractivity contribution is 0.102. The highest BCUT2D eigenvalue weighted by atomic mass is 19.1. The van der Waals surface area contributed by atoms with Crippen LogP contribution in [0.2, 0.25) is 0 Å². The maximum atomic E-state index is 15.2. The number of hydrogen-bond donors (Lipinski definition) is 1. The van der Waals surface area contributed by atoms with E-state index in [0.717, 1.165) is 0 Å². The Hall–Kier alpha value is -5.03. The lowest BCUT2D eigenvalue weighted by Crippen LogP contribution is -2.18. The second kappa shape index (κ2) is 12.2. The zero-order valence-electron chi connectivity index (χ0n) is 23.5. The molecule has 216 valence electrons. The quantitative estimate of drug-likeness (QED) is 0.224. The number of carbonyl (C=O) groups excluding carboxylic acids is 1. The van der Waals surface area contributed by atoms with Crippen LogP contribution >= 0.6 is 0 Å². The van der Waals surface area contributed by atoms with Gasteiger partial charge in [0.2, 0.25) is 0 Å². The molecule has 0 radical (unpaired) electrons. The van der Waals surface area contributed by atoms with Gasteiger partial charge in [-0.15, -0.1) is 0 Å². The first-order valence-electron chi connectivity index (χ1n) is 13.0. The van der Waals surface area contributed by atoms with Gasteiger partial charge >= 0.3 is 0 Å². The molecular weight excluding hydrogens is 544 g/mol. The van der Waals surface area contributed by atoms with Crippen LogP contribution in [-0.4, -0.2) is 60.4 Å². The van der Waals surface area contributed by atoms with E-state index in [2.05, 4.69) is 15.4 Å². The Labute approximate surface area is 241 Å². The van der Waals surface area contributed by atoms with Gasteiger partial charge in [0, 0.05) is 47.7 Å². The number of aromatic nitrogens is 3. The van der Waals surface area contributed by atoms with E-state index < -0.39 is 11.7 Å². The number of methoxy groups -OCH3 is 2. The van der Waals surface area contributed by atoms with Crippen LogP contribution in [-0.2, 0) is 6.42 Å². The normalized spacial score (nSPS) is 11.1. The Bertz CT molecular complexity index is 1740. The van der Waals surface area contributed by atoms with E-state index in [-0.39, 0.29) is 22.9 Å². The molecule has 0 aliphatic rings. The molecule has 5 aromatic rings. The number of benzene rings is 3. The van der Waals surface area contributed by atoms with Crippen LogP contribution in [0, 0.1) is 11.6 Å². The number of ether oxygens (including phenoxy) is 3. The van der Waals surface area contributed by atoms with Gasteiger partial charge in [0.15, 0.2) is 28.8 Å². The van der Waals surface area contributed by atoms with Crippen LogP contribution in [0.4, 0.5) is 14.5 Å². The van der Waals surface area contributed by atoms with Crippen LogP contribution in [0.25, 0.3) is 16.6 Å². The molecule has 0 bridgehead atoms. The molecule has 0 fully saturated rings. The van der Waals surface area contributed by atoms with Crippen molar-refractivity contribution in [1.82, 2.24) is 19.7 Å². The van der Waals surface area contributed by atoms with E-state index in [4.69, 9.17) is 14.2 Å². The lowest BCUT2D eigenvalue weighted by Gasteiger charge is -2.13. The number of nitrogens with one attached hydrogen (secondary N) is 1. The Morgan fingerprint density at radius 1 is 0.929 bits per heavy atom. The number of rotatable bonds is 10. The van der Waals surface area contributed by atoms with Crippen molar-refractivity contribution in [2.75, 3.05) is 40.2 Å². The van der Waals surface area contributed by atoms with Crippen LogP contribution in [0.3, 0.4) is 0 Å². The SMILES string of the molecule is COc1cc2nccc(Oc3ccc(NC(=O)c4nn(-c5ccc(F)cc5)cc4CCN(C)C)cc3F)c2cc1OC. The molecule has 1 amide bonds. The molecule has 42 heavy (non-hydrogen) atoms. The molecule has 0 saturated heterocycles. The number of halogens is 2. The van der Waals surface area contributed by atoms with Gasteiger partial charge < -0.3 is 24.4 Å². The van der Waals surface area contributed by atoms with Crippen molar-refractivity contribution in [3.8, 4) is 28.7 Å². The molecule has 0 atom stereocenters. The Balaban J connectivity index is 1.38. The van der Waals surface area contributed by atoms with Gasteiger partial charge in [0.05, 0.1) is 25.4 Å². The molecule has 3 aromatic carbocycles. The molecule has 0 spiro atoms. The first-order chi connectivity index (χ1) is 20.2. The summed E-state index contributed by atoms with van der Waals surface area (Å²) in [6, 6.07) is 15.0. The van der Waals surface area contributed by atoms with Gasteiger partial charge in [-0.25, -0.2) is 13.5 Å². The van der Waals surface area contributed by atoms with Gasteiger partial charge in [-0.2, -0.15) is 5.10 Å². The summed E-state index contributed by atoms with van der Waals surface area (Å²) >= 11 is 0. The number of anilines is 1. The third-order valence-corrected chi connectivity index (χ3v) is 6.54. The highest BCUT2D eigenvalue weighted by molar-refractivity contribution is 6.04. The molecule has 9 nitrogen and oxygen atoms in total. The maximum absolute atomic E-state index is 15.2. The monoisotopic (exact) mass is 573 g/mol. The molecule has 0 aliphatic heterocycles. The van der Waals surface area contributed by atoms with E-state index in [1.807, 2.05) is 19.0 Å². The zero-order chi connectivity index (χ0) is 29.8. The predicted molar refractivity (Wildman–Crippen MR) is 155 cm³/mol. The molecule has 11 heteroatoms. The van der Waals surface area contributed by atoms with Crippen LogP contribution in [0.5, 0.6) is 23.0 Å². The zero-order valence-corrected chi connectivity index (χ0v) is 23.5. The fraction of sp³-hybridized carbons (Fsp3) is 0.194. The van der Waals surface area contributed by atoms with Gasteiger partial charge in [0.25, 0.3) is 5.91 Å². The summed E-state index contributed by atoms with van der Waals surface area (Å²) in [7, 11) is 6.91. The number of carbonyl (C=O) groups is 1. The molecule has 0 unspecified atom stereocenters. The molecule has 0 aliphatic carbocycles. The third kappa shape index (κ3) is 6.16. The fourth-order valence-corrected chi connectivity index (χ4v) is 4.36. The predicted octanol–water partition coefficient (Wildman–Crippen LogP) is 5.86. The van der Waals surface area contributed by atoms with Crippen molar-refractivity contribution in [3.05, 3.63) is 95.9 Å². The van der Waals surface area contributed by atoms with Crippen molar-refractivity contribution < 1.29 is 27.8 Å². The van der Waals surface area contributed by atoms with Crippen molar-refractivity contribution in [2.24, 2.45) is 0 Å².